The van der Waals surface area contributed by atoms with E-state index in [1.54, 1.807) is 13.0 Å². The topological polar surface area (TPSA) is 93.1 Å². The average molecular weight is 412 g/mol. The number of esters is 2. The Morgan fingerprint density at radius 3 is 2.55 bits per heavy atom. The van der Waals surface area contributed by atoms with Crippen LogP contribution in [0.3, 0.4) is 0 Å². The SMILES string of the molecule is C[C@@H]1C/C=C/CC/C=C/C(OC(=O)C(F)(F)F)=C/c2cc(O)cc(O)c2C(=O)O1. The van der Waals surface area contributed by atoms with Gasteiger partial charge in [0.1, 0.15) is 28.9 Å². The molecule has 1 atom stereocenters. The lowest BCUT2D eigenvalue weighted by Crippen LogP contribution is -2.24. The van der Waals surface area contributed by atoms with Gasteiger partial charge in [-0.2, -0.15) is 13.2 Å². The van der Waals surface area contributed by atoms with E-state index >= 15 is 0 Å². The van der Waals surface area contributed by atoms with Crippen molar-refractivity contribution < 1.29 is 42.4 Å². The molecule has 0 aromatic heterocycles. The Hall–Kier alpha value is -3.23. The first-order chi connectivity index (χ1) is 13.6. The van der Waals surface area contributed by atoms with Crippen LogP contribution >= 0.6 is 0 Å². The number of benzene rings is 1. The molecule has 0 radical (unpaired) electrons. The smallest absolute Gasteiger partial charge is 0.491 e. The number of carbonyl (C=O) groups is 2. The fraction of sp³-hybridized carbons (Fsp3) is 0.300. The number of carbonyl (C=O) groups excluding carboxylic acids is 2. The summed E-state index contributed by atoms with van der Waals surface area (Å²) in [6, 6.07) is 1.92. The van der Waals surface area contributed by atoms with Gasteiger partial charge in [-0.05, 0) is 38.0 Å². The predicted molar refractivity (Wildman–Crippen MR) is 96.9 cm³/mol. The number of halogens is 3. The molecule has 0 aliphatic carbocycles. The maximum absolute atomic E-state index is 12.6. The number of aromatic hydroxyl groups is 2. The van der Waals surface area contributed by atoms with Gasteiger partial charge in [0.05, 0.1) is 0 Å². The van der Waals surface area contributed by atoms with Gasteiger partial charge in [-0.3, -0.25) is 0 Å². The molecule has 1 heterocycles. The Morgan fingerprint density at radius 1 is 1.17 bits per heavy atom. The molecule has 29 heavy (non-hydrogen) atoms. The first-order valence-corrected chi connectivity index (χ1v) is 8.67. The number of fused-ring (bicyclic) bond motifs is 1. The van der Waals surface area contributed by atoms with Gasteiger partial charge in [0, 0.05) is 18.1 Å². The first-order valence-electron chi connectivity index (χ1n) is 8.67. The van der Waals surface area contributed by atoms with Crippen molar-refractivity contribution in [2.45, 2.75) is 38.5 Å². The average Bonchev–Trinajstić information content (AvgIpc) is 2.58. The quantitative estimate of drug-likeness (QED) is 0.525. The van der Waals surface area contributed by atoms with E-state index in [0.29, 0.717) is 19.3 Å². The van der Waals surface area contributed by atoms with E-state index in [-0.39, 0.29) is 11.1 Å². The Morgan fingerprint density at radius 2 is 1.86 bits per heavy atom. The monoisotopic (exact) mass is 412 g/mol. The molecule has 6 nitrogen and oxygen atoms in total. The van der Waals surface area contributed by atoms with Crippen molar-refractivity contribution in [3.63, 3.8) is 0 Å². The molecule has 0 amide bonds. The molecule has 9 heteroatoms. The maximum atomic E-state index is 12.6. The number of allylic oxidation sites excluding steroid dienone is 3. The van der Waals surface area contributed by atoms with Crippen LogP contribution in [0.15, 0.2) is 42.2 Å². The normalized spacial score (nSPS) is 22.3. The summed E-state index contributed by atoms with van der Waals surface area (Å²) in [5.74, 6) is -5.01. The second kappa shape index (κ2) is 9.31. The van der Waals surface area contributed by atoms with Gasteiger partial charge in [-0.25, -0.2) is 9.59 Å². The summed E-state index contributed by atoms with van der Waals surface area (Å²) >= 11 is 0. The van der Waals surface area contributed by atoms with Gasteiger partial charge in [-0.15, -0.1) is 0 Å². The van der Waals surface area contributed by atoms with E-state index in [4.69, 9.17) is 4.74 Å². The molecule has 0 spiro atoms. The summed E-state index contributed by atoms with van der Waals surface area (Å²) in [6.45, 7) is 1.64. The van der Waals surface area contributed by atoms with Crippen molar-refractivity contribution in [3.05, 3.63) is 53.3 Å². The highest BCUT2D eigenvalue weighted by atomic mass is 19.4. The molecule has 156 valence electrons. The Balaban J connectivity index is 2.56. The first kappa shape index (κ1) is 22.1. The maximum Gasteiger partial charge on any atom is 0.491 e. The molecule has 1 aromatic rings. The third-order valence-corrected chi connectivity index (χ3v) is 3.80. The van der Waals surface area contributed by atoms with Crippen LogP contribution < -0.4 is 0 Å². The summed E-state index contributed by atoms with van der Waals surface area (Å²) < 4.78 is 47.4. The number of ether oxygens (including phenoxy) is 2. The van der Waals surface area contributed by atoms with Crippen molar-refractivity contribution in [1.29, 1.82) is 0 Å². The zero-order chi connectivity index (χ0) is 21.6. The van der Waals surface area contributed by atoms with E-state index in [9.17, 15) is 33.0 Å². The number of hydrogen-bond donors (Lipinski definition) is 2. The number of phenols is 2. The highest BCUT2D eigenvalue weighted by Crippen LogP contribution is 2.31. The van der Waals surface area contributed by atoms with Crippen molar-refractivity contribution in [2.24, 2.45) is 0 Å². The van der Waals surface area contributed by atoms with Crippen LogP contribution in [-0.2, 0) is 14.3 Å². The minimum absolute atomic E-state index is 0.179. The van der Waals surface area contributed by atoms with Crippen LogP contribution in [-0.4, -0.2) is 34.4 Å². The largest absolute Gasteiger partial charge is 0.508 e. The van der Waals surface area contributed by atoms with Crippen LogP contribution in [0.5, 0.6) is 11.5 Å². The zero-order valence-electron chi connectivity index (χ0n) is 15.4. The minimum atomic E-state index is -5.23. The number of cyclic esters (lactones) is 1. The van der Waals surface area contributed by atoms with E-state index in [0.717, 1.165) is 24.3 Å². The van der Waals surface area contributed by atoms with Gasteiger partial charge in [0.2, 0.25) is 0 Å². The van der Waals surface area contributed by atoms with Gasteiger partial charge in [0.15, 0.2) is 0 Å². The Labute approximate surface area is 164 Å². The van der Waals surface area contributed by atoms with E-state index in [1.165, 1.54) is 6.08 Å². The van der Waals surface area contributed by atoms with E-state index in [2.05, 4.69) is 4.74 Å². The molecule has 0 saturated heterocycles. The zero-order valence-corrected chi connectivity index (χ0v) is 15.4. The summed E-state index contributed by atoms with van der Waals surface area (Å²) in [6.07, 6.45) is 2.84. The third-order valence-electron chi connectivity index (χ3n) is 3.80. The molecule has 0 saturated carbocycles. The highest BCUT2D eigenvalue weighted by Gasteiger charge is 2.41. The van der Waals surface area contributed by atoms with Gasteiger partial charge in [0.25, 0.3) is 0 Å². The van der Waals surface area contributed by atoms with Gasteiger partial charge >= 0.3 is 18.1 Å². The standard InChI is InChI=1S/C20H19F3O6/c1-12-7-5-3-2-4-6-8-15(29-19(27)20(21,22)23)10-13-9-14(24)11-16(25)17(13)18(26)28-12/h3,5-6,8-12,24-25H,2,4,7H2,1H3/b5-3+,8-6+,15-10-/t12-/m1/s1. The van der Waals surface area contributed by atoms with E-state index < -0.39 is 41.5 Å². The van der Waals surface area contributed by atoms with Crippen LogP contribution in [0.25, 0.3) is 6.08 Å². The molecular formula is C20H19F3O6. The van der Waals surface area contributed by atoms with Crippen molar-refractivity contribution in [3.8, 4) is 11.5 Å². The van der Waals surface area contributed by atoms with E-state index in [1.807, 2.05) is 6.08 Å². The van der Waals surface area contributed by atoms with Crippen molar-refractivity contribution >= 4 is 18.0 Å². The second-order valence-electron chi connectivity index (χ2n) is 6.27. The van der Waals surface area contributed by atoms with Crippen LogP contribution in [0.2, 0.25) is 0 Å². The van der Waals surface area contributed by atoms with Crippen LogP contribution in [0, 0.1) is 0 Å². The molecule has 1 aromatic carbocycles. The fourth-order valence-electron chi connectivity index (χ4n) is 2.49. The van der Waals surface area contributed by atoms with Gasteiger partial charge in [-0.1, -0.05) is 18.2 Å². The van der Waals surface area contributed by atoms with Crippen LogP contribution in [0.1, 0.15) is 42.1 Å². The number of phenolic OH excluding ortho intramolecular Hbond substituents is 2. The van der Waals surface area contributed by atoms with Crippen LogP contribution in [0.4, 0.5) is 13.2 Å². The van der Waals surface area contributed by atoms with Crippen molar-refractivity contribution in [1.82, 2.24) is 0 Å². The lowest BCUT2D eigenvalue weighted by molar-refractivity contribution is -0.194. The Kier molecular flexibility index (Phi) is 7.08. The third kappa shape index (κ3) is 6.41. The Bertz CT molecular complexity index is 868. The summed E-state index contributed by atoms with van der Waals surface area (Å²) in [5, 5.41) is 19.8. The van der Waals surface area contributed by atoms with Crippen molar-refractivity contribution in [2.75, 3.05) is 0 Å². The number of rotatable bonds is 1. The summed E-state index contributed by atoms with van der Waals surface area (Å²) in [4.78, 5) is 23.7. The summed E-state index contributed by atoms with van der Waals surface area (Å²) in [5.41, 5.74) is -0.563. The number of hydrogen-bond acceptors (Lipinski definition) is 6. The fourth-order valence-corrected chi connectivity index (χ4v) is 2.49. The van der Waals surface area contributed by atoms with Gasteiger partial charge < -0.3 is 19.7 Å². The molecule has 1 aliphatic rings. The molecule has 2 rings (SSSR count). The number of alkyl halides is 3. The lowest BCUT2D eigenvalue weighted by atomic mass is 10.0. The second-order valence-corrected chi connectivity index (χ2v) is 6.27. The molecular weight excluding hydrogens is 393 g/mol. The molecule has 0 unspecified atom stereocenters. The minimum Gasteiger partial charge on any atom is -0.508 e. The highest BCUT2D eigenvalue weighted by molar-refractivity contribution is 5.97. The lowest BCUT2D eigenvalue weighted by Gasteiger charge is -2.15. The molecule has 0 bridgehead atoms. The molecule has 0 fully saturated rings. The predicted octanol–water partition coefficient (Wildman–Crippen LogP) is 4.39. The summed E-state index contributed by atoms with van der Waals surface area (Å²) in [7, 11) is 0. The molecule has 2 N–H and O–H groups in total. The molecule has 1 aliphatic heterocycles.